The number of alkyl halides is 1. The Balaban J connectivity index is 3.12. The second-order valence-electron chi connectivity index (χ2n) is 1.36. The molecule has 0 aromatic heterocycles. The summed E-state index contributed by atoms with van der Waals surface area (Å²) in [6, 6.07) is 0. The van der Waals surface area contributed by atoms with Crippen LogP contribution in [0.3, 0.4) is 0 Å². The molecule has 0 bridgehead atoms. The largest absolute Gasteiger partial charge is 0.386 e. The van der Waals surface area contributed by atoms with Gasteiger partial charge in [0.05, 0.1) is 5.82 Å². The smallest absolute Gasteiger partial charge is 0.107 e. The van der Waals surface area contributed by atoms with Crippen LogP contribution in [0.5, 0.6) is 0 Å². The first kappa shape index (κ1) is 7.27. The molecule has 0 unspecified atom stereocenters. The topological polar surface area (TPSA) is 38.0 Å². The van der Waals surface area contributed by atoms with Gasteiger partial charge in [-0.2, -0.15) is 0 Å². The number of hydrogen-bond donors (Lipinski definition) is 2. The molecule has 0 aromatic rings. The summed E-state index contributed by atoms with van der Waals surface area (Å²) in [4.78, 5) is 0. The van der Waals surface area contributed by atoms with E-state index in [1.807, 2.05) is 0 Å². The van der Waals surface area contributed by atoms with E-state index >= 15 is 0 Å². The van der Waals surface area contributed by atoms with Crippen LogP contribution in [0.1, 0.15) is 6.92 Å². The van der Waals surface area contributed by atoms with Crippen LogP contribution in [0.25, 0.3) is 0 Å². The Bertz CT molecular complexity index is 80.5. The van der Waals surface area contributed by atoms with Crippen LogP contribution >= 0.6 is 0 Å². The highest BCUT2D eigenvalue weighted by Crippen LogP contribution is 1.73. The fourth-order valence-electron chi connectivity index (χ4n) is 0.294. The van der Waals surface area contributed by atoms with E-state index in [1.54, 1.807) is 13.0 Å². The normalized spacial score (nSPS) is 11.5. The van der Waals surface area contributed by atoms with E-state index in [0.29, 0.717) is 12.4 Å². The Hall–Kier alpha value is -0.730. The molecule has 0 heterocycles. The van der Waals surface area contributed by atoms with E-state index in [-0.39, 0.29) is 6.67 Å². The van der Waals surface area contributed by atoms with Crippen LogP contribution in [0.15, 0.2) is 11.9 Å². The Morgan fingerprint density at radius 1 is 1.88 bits per heavy atom. The summed E-state index contributed by atoms with van der Waals surface area (Å²) in [6.45, 7) is 1.71. The quantitative estimate of drug-likeness (QED) is 0.561. The van der Waals surface area contributed by atoms with Gasteiger partial charge in [0.15, 0.2) is 0 Å². The maximum Gasteiger partial charge on any atom is 0.107 e. The van der Waals surface area contributed by atoms with Gasteiger partial charge in [0.2, 0.25) is 0 Å². The van der Waals surface area contributed by atoms with Gasteiger partial charge in [-0.05, 0) is 13.0 Å². The molecule has 3 N–H and O–H groups in total. The second-order valence-corrected chi connectivity index (χ2v) is 1.36. The predicted octanol–water partition coefficient (Wildman–Crippen LogP) is 0.366. The van der Waals surface area contributed by atoms with Crippen molar-refractivity contribution in [1.29, 1.82) is 0 Å². The van der Waals surface area contributed by atoms with Crippen LogP contribution in [-0.4, -0.2) is 13.2 Å². The van der Waals surface area contributed by atoms with E-state index in [0.717, 1.165) is 0 Å². The van der Waals surface area contributed by atoms with Crippen molar-refractivity contribution in [1.82, 2.24) is 5.32 Å². The minimum Gasteiger partial charge on any atom is -0.386 e. The van der Waals surface area contributed by atoms with Crippen molar-refractivity contribution in [2.45, 2.75) is 6.92 Å². The highest BCUT2D eigenvalue weighted by Gasteiger charge is 1.82. The summed E-state index contributed by atoms with van der Waals surface area (Å²) in [5.41, 5.74) is 5.24. The van der Waals surface area contributed by atoms with Gasteiger partial charge in [0.25, 0.3) is 0 Å². The first-order valence-electron chi connectivity index (χ1n) is 2.53. The zero-order valence-electron chi connectivity index (χ0n) is 4.95. The molecule has 0 rings (SSSR count). The SMILES string of the molecule is C/C=C(\N)NCCF. The van der Waals surface area contributed by atoms with E-state index in [2.05, 4.69) is 5.32 Å². The van der Waals surface area contributed by atoms with Crippen molar-refractivity contribution in [2.24, 2.45) is 5.73 Å². The van der Waals surface area contributed by atoms with Gasteiger partial charge in [0.1, 0.15) is 6.67 Å². The number of rotatable bonds is 3. The van der Waals surface area contributed by atoms with Crippen molar-refractivity contribution < 1.29 is 4.39 Å². The average Bonchev–Trinajstić information content (AvgIpc) is 1.83. The van der Waals surface area contributed by atoms with Gasteiger partial charge in [-0.1, -0.05) is 0 Å². The molecule has 0 saturated carbocycles. The van der Waals surface area contributed by atoms with Crippen LogP contribution in [0.4, 0.5) is 4.39 Å². The number of halogens is 1. The van der Waals surface area contributed by atoms with E-state index in [1.165, 1.54) is 0 Å². The van der Waals surface area contributed by atoms with Gasteiger partial charge in [-0.3, -0.25) is 0 Å². The Morgan fingerprint density at radius 2 is 2.50 bits per heavy atom. The van der Waals surface area contributed by atoms with Crippen molar-refractivity contribution in [3.05, 3.63) is 11.9 Å². The molecule has 0 radical (unpaired) electrons. The summed E-state index contributed by atoms with van der Waals surface area (Å²) in [6.07, 6.45) is 1.69. The van der Waals surface area contributed by atoms with E-state index in [9.17, 15) is 4.39 Å². The van der Waals surface area contributed by atoms with Gasteiger partial charge in [-0.15, -0.1) is 0 Å². The van der Waals surface area contributed by atoms with Crippen LogP contribution in [-0.2, 0) is 0 Å². The number of nitrogens with two attached hydrogens (primary N) is 1. The summed E-state index contributed by atoms with van der Waals surface area (Å²) >= 11 is 0. The molecule has 0 spiro atoms. The molecule has 0 saturated heterocycles. The summed E-state index contributed by atoms with van der Waals surface area (Å²) in [5.74, 6) is 0.530. The predicted molar refractivity (Wildman–Crippen MR) is 31.9 cm³/mol. The number of nitrogens with one attached hydrogen (secondary N) is 1. The molecule has 0 amide bonds. The lowest BCUT2D eigenvalue weighted by atomic mass is 10.6. The van der Waals surface area contributed by atoms with Crippen molar-refractivity contribution in [3.8, 4) is 0 Å². The highest BCUT2D eigenvalue weighted by molar-refractivity contribution is 4.89. The third kappa shape index (κ3) is 3.46. The second kappa shape index (κ2) is 4.43. The van der Waals surface area contributed by atoms with Gasteiger partial charge in [0, 0.05) is 6.54 Å². The van der Waals surface area contributed by atoms with Crippen molar-refractivity contribution in [3.63, 3.8) is 0 Å². The lowest BCUT2D eigenvalue weighted by Crippen LogP contribution is -2.21. The third-order valence-corrected chi connectivity index (χ3v) is 0.735. The lowest BCUT2D eigenvalue weighted by molar-refractivity contribution is 0.481. The first-order valence-corrected chi connectivity index (χ1v) is 2.53. The summed E-state index contributed by atoms with van der Waals surface area (Å²) < 4.78 is 11.3. The average molecular weight is 118 g/mol. The number of allylic oxidation sites excluding steroid dienone is 1. The maximum atomic E-state index is 11.3. The van der Waals surface area contributed by atoms with E-state index < -0.39 is 0 Å². The van der Waals surface area contributed by atoms with Crippen molar-refractivity contribution in [2.75, 3.05) is 13.2 Å². The third-order valence-electron chi connectivity index (χ3n) is 0.735. The van der Waals surface area contributed by atoms with Crippen LogP contribution < -0.4 is 11.1 Å². The zero-order chi connectivity index (χ0) is 6.41. The molecule has 0 aromatic carbocycles. The monoisotopic (exact) mass is 118 g/mol. The van der Waals surface area contributed by atoms with Gasteiger partial charge >= 0.3 is 0 Å². The first-order chi connectivity index (χ1) is 3.81. The molecule has 8 heavy (non-hydrogen) atoms. The Labute approximate surface area is 48.6 Å². The molecular formula is C5H11FN2. The fraction of sp³-hybridized carbons (Fsp3) is 0.600. The lowest BCUT2D eigenvalue weighted by Gasteiger charge is -1.99. The fourth-order valence-corrected chi connectivity index (χ4v) is 0.294. The van der Waals surface area contributed by atoms with Gasteiger partial charge in [-0.25, -0.2) is 4.39 Å². The maximum absolute atomic E-state index is 11.3. The molecule has 2 nitrogen and oxygen atoms in total. The molecular weight excluding hydrogens is 107 g/mol. The van der Waals surface area contributed by atoms with Crippen LogP contribution in [0, 0.1) is 0 Å². The Morgan fingerprint density at radius 3 is 2.88 bits per heavy atom. The standard InChI is InChI=1S/C5H11FN2/c1-2-5(7)8-4-3-6/h2,8H,3-4,7H2,1H3/b5-2+. The molecule has 0 atom stereocenters. The summed E-state index contributed by atoms with van der Waals surface area (Å²) in [7, 11) is 0. The minimum atomic E-state index is -0.380. The van der Waals surface area contributed by atoms with Gasteiger partial charge < -0.3 is 11.1 Å². The molecule has 0 aliphatic carbocycles. The minimum absolute atomic E-state index is 0.302. The highest BCUT2D eigenvalue weighted by atomic mass is 19.1. The molecule has 3 heteroatoms. The zero-order valence-corrected chi connectivity index (χ0v) is 4.95. The van der Waals surface area contributed by atoms with Crippen LogP contribution in [0.2, 0.25) is 0 Å². The molecule has 0 aliphatic rings. The number of hydrogen-bond acceptors (Lipinski definition) is 2. The Kier molecular flexibility index (Phi) is 4.03. The van der Waals surface area contributed by atoms with Crippen molar-refractivity contribution >= 4 is 0 Å². The molecule has 0 aliphatic heterocycles. The molecule has 0 fully saturated rings. The summed E-state index contributed by atoms with van der Waals surface area (Å²) in [5, 5.41) is 2.65. The molecule has 48 valence electrons. The van der Waals surface area contributed by atoms with E-state index in [4.69, 9.17) is 5.73 Å².